The van der Waals surface area contributed by atoms with E-state index in [4.69, 9.17) is 4.74 Å². The van der Waals surface area contributed by atoms with Crippen molar-refractivity contribution in [3.8, 4) is 5.75 Å². The largest absolute Gasteiger partial charge is 1.00 e. The van der Waals surface area contributed by atoms with Crippen LogP contribution in [0.4, 0.5) is 10.1 Å². The summed E-state index contributed by atoms with van der Waals surface area (Å²) < 4.78 is 24.7. The molecule has 43 heavy (non-hydrogen) atoms. The monoisotopic (exact) mass is 651 g/mol. The highest BCUT2D eigenvalue weighted by Crippen LogP contribution is 2.25. The van der Waals surface area contributed by atoms with E-state index in [1.807, 2.05) is 48.9 Å². The molecular weight excluding hydrogens is 605 g/mol. The second-order valence-electron chi connectivity index (χ2n) is 11.3. The van der Waals surface area contributed by atoms with E-state index in [1.165, 1.54) is 70.3 Å². The van der Waals surface area contributed by atoms with Crippen molar-refractivity contribution < 1.29 is 35.5 Å². The van der Waals surface area contributed by atoms with Gasteiger partial charge in [0, 0.05) is 16.8 Å². The van der Waals surface area contributed by atoms with E-state index in [9.17, 15) is 9.18 Å². The van der Waals surface area contributed by atoms with Crippen LogP contribution in [0.2, 0.25) is 0 Å². The Morgan fingerprint density at radius 1 is 0.814 bits per heavy atom. The number of amides is 1. The van der Waals surface area contributed by atoms with E-state index in [1.54, 1.807) is 12.1 Å². The number of hydrogen-bond donors (Lipinski definition) is 1. The number of fused-ring (bicyclic) bond motifs is 1. The molecule has 5 nitrogen and oxygen atoms in total. The average Bonchev–Trinajstić information content (AvgIpc) is 3.40. The molecule has 0 unspecified atom stereocenters. The first-order valence-corrected chi connectivity index (χ1v) is 15.9. The molecule has 0 aliphatic heterocycles. The number of carbonyl (C=O) groups excluding carboxylic acids is 1. The third-order valence-corrected chi connectivity index (χ3v) is 7.78. The number of hydrogen-bond acceptors (Lipinski definition) is 2. The van der Waals surface area contributed by atoms with Crippen molar-refractivity contribution in [1.82, 2.24) is 4.40 Å². The fourth-order valence-electron chi connectivity index (χ4n) is 5.45. The van der Waals surface area contributed by atoms with E-state index in [0.29, 0.717) is 18.7 Å². The number of imidazole rings is 1. The molecule has 0 saturated heterocycles. The van der Waals surface area contributed by atoms with Crippen LogP contribution >= 0.6 is 0 Å². The molecule has 0 bridgehead atoms. The summed E-state index contributed by atoms with van der Waals surface area (Å²) in [5, 5.41) is 3.04. The lowest BCUT2D eigenvalue weighted by molar-refractivity contribution is -0.686. The average molecular weight is 653 g/mol. The van der Waals surface area contributed by atoms with Crippen LogP contribution in [0.3, 0.4) is 0 Å². The molecule has 7 heteroatoms. The standard InChI is InChI=1S/C36H46FN3O2.BrH/c1-2-3-4-5-6-7-8-9-10-11-12-17-25-42-36-30(20-18-22-33(36)37)26-35(41)38-34-23-14-13-19-31(34)27-39-28-32-21-15-16-24-40(32)29-39;/h13-16,18-24,28-29H,2-12,17,25-27H2,1H3;1H. The van der Waals surface area contributed by atoms with Crippen molar-refractivity contribution in [3.63, 3.8) is 0 Å². The first-order chi connectivity index (χ1) is 20.6. The van der Waals surface area contributed by atoms with Gasteiger partial charge in [-0.15, -0.1) is 0 Å². The molecule has 1 N–H and O–H groups in total. The zero-order chi connectivity index (χ0) is 29.4. The van der Waals surface area contributed by atoms with Crippen molar-refractivity contribution >= 4 is 17.1 Å². The Morgan fingerprint density at radius 2 is 1.47 bits per heavy atom. The highest BCUT2D eigenvalue weighted by atomic mass is 79.9. The van der Waals surface area contributed by atoms with Gasteiger partial charge in [0.1, 0.15) is 12.7 Å². The molecule has 0 aliphatic rings. The lowest BCUT2D eigenvalue weighted by Crippen LogP contribution is -3.00. The number of anilines is 1. The summed E-state index contributed by atoms with van der Waals surface area (Å²) in [6, 6.07) is 18.7. The van der Waals surface area contributed by atoms with Crippen LogP contribution in [0.25, 0.3) is 5.52 Å². The molecule has 232 valence electrons. The lowest BCUT2D eigenvalue weighted by atomic mass is 10.1. The summed E-state index contributed by atoms with van der Waals surface area (Å²) in [5.74, 6) is -0.424. The number of rotatable bonds is 19. The normalized spacial score (nSPS) is 10.9. The number of carbonyl (C=O) groups is 1. The van der Waals surface area contributed by atoms with Gasteiger partial charge in [-0.3, -0.25) is 4.79 Å². The molecule has 4 rings (SSSR count). The van der Waals surface area contributed by atoms with Crippen LogP contribution in [-0.2, 0) is 17.8 Å². The summed E-state index contributed by atoms with van der Waals surface area (Å²) in [6.45, 7) is 3.33. The maximum atomic E-state index is 14.7. The van der Waals surface area contributed by atoms with Crippen molar-refractivity contribution in [2.75, 3.05) is 11.9 Å². The van der Waals surface area contributed by atoms with Gasteiger partial charge in [0.25, 0.3) is 0 Å². The maximum Gasteiger partial charge on any atom is 0.249 e. The second-order valence-corrected chi connectivity index (χ2v) is 11.3. The van der Waals surface area contributed by atoms with Gasteiger partial charge >= 0.3 is 0 Å². The van der Waals surface area contributed by atoms with Crippen molar-refractivity contribution in [2.24, 2.45) is 0 Å². The molecule has 0 spiro atoms. The first kappa shape index (κ1) is 34.3. The molecule has 0 fully saturated rings. The van der Waals surface area contributed by atoms with Gasteiger partial charge in [-0.05, 0) is 30.7 Å². The summed E-state index contributed by atoms with van der Waals surface area (Å²) >= 11 is 0. The summed E-state index contributed by atoms with van der Waals surface area (Å²) in [6.07, 6.45) is 21.3. The zero-order valence-corrected chi connectivity index (χ0v) is 27.2. The topological polar surface area (TPSA) is 46.6 Å². The number of unbranched alkanes of at least 4 members (excludes halogenated alkanes) is 11. The summed E-state index contributed by atoms with van der Waals surface area (Å²) in [5.41, 5.74) is 3.41. The van der Waals surface area contributed by atoms with E-state index < -0.39 is 5.82 Å². The van der Waals surface area contributed by atoms with Crippen molar-refractivity contribution in [1.29, 1.82) is 0 Å². The maximum absolute atomic E-state index is 14.7. The number of halogens is 2. The Bertz CT molecular complexity index is 1360. The number of nitrogens with one attached hydrogen (secondary N) is 1. The van der Waals surface area contributed by atoms with Gasteiger partial charge in [0.05, 0.1) is 19.2 Å². The van der Waals surface area contributed by atoms with E-state index in [0.717, 1.165) is 29.6 Å². The van der Waals surface area contributed by atoms with Gasteiger partial charge in [-0.2, -0.15) is 0 Å². The van der Waals surface area contributed by atoms with Crippen LogP contribution in [0.15, 0.2) is 79.4 Å². The fourth-order valence-corrected chi connectivity index (χ4v) is 5.45. The quantitative estimate of drug-likeness (QED) is 0.105. The Hall–Kier alpha value is -3.19. The van der Waals surface area contributed by atoms with Gasteiger partial charge in [-0.1, -0.05) is 114 Å². The minimum Gasteiger partial charge on any atom is -1.00 e. The molecule has 0 saturated carbocycles. The predicted octanol–water partition coefficient (Wildman–Crippen LogP) is 5.68. The minimum atomic E-state index is -0.420. The Balaban J connectivity index is 0.00000506. The van der Waals surface area contributed by atoms with Gasteiger partial charge in [0.2, 0.25) is 12.2 Å². The van der Waals surface area contributed by atoms with Gasteiger partial charge in [-0.25, -0.2) is 13.4 Å². The molecule has 2 aromatic carbocycles. The number of pyridine rings is 1. The molecular formula is C36H47BrFN3O2. The van der Waals surface area contributed by atoms with E-state index >= 15 is 0 Å². The van der Waals surface area contributed by atoms with Crippen LogP contribution < -0.4 is 31.6 Å². The SMILES string of the molecule is CCCCCCCCCCCCCCOc1c(F)cccc1CC(=O)Nc1ccccc1C[n+]1cc2ccccn2c1.[Br-]. The van der Waals surface area contributed by atoms with Crippen LogP contribution in [0.1, 0.15) is 95.1 Å². The molecule has 4 aromatic rings. The number of ether oxygens (including phenoxy) is 1. The number of aromatic nitrogens is 2. The highest BCUT2D eigenvalue weighted by Gasteiger charge is 2.16. The smallest absolute Gasteiger partial charge is 0.249 e. The first-order valence-electron chi connectivity index (χ1n) is 15.9. The Kier molecular flexibility index (Phi) is 15.3. The third-order valence-electron chi connectivity index (χ3n) is 7.78. The fraction of sp³-hybridized carbons (Fsp3) is 0.444. The third kappa shape index (κ3) is 11.4. The summed E-state index contributed by atoms with van der Waals surface area (Å²) in [4.78, 5) is 13.1. The Morgan fingerprint density at radius 3 is 2.19 bits per heavy atom. The molecule has 0 aliphatic carbocycles. The Labute approximate surface area is 267 Å². The number of para-hydroxylation sites is 2. The molecule has 0 atom stereocenters. The molecule has 2 aromatic heterocycles. The van der Waals surface area contributed by atoms with Crippen LogP contribution in [0, 0.1) is 5.82 Å². The molecule has 2 heterocycles. The van der Waals surface area contributed by atoms with Gasteiger partial charge in [0.15, 0.2) is 17.1 Å². The second kappa shape index (κ2) is 19.2. The van der Waals surface area contributed by atoms with Gasteiger partial charge < -0.3 is 27.0 Å². The number of benzene rings is 2. The molecule has 1 amide bonds. The highest BCUT2D eigenvalue weighted by molar-refractivity contribution is 5.93. The van der Waals surface area contributed by atoms with Crippen LogP contribution in [-0.4, -0.2) is 16.9 Å². The molecule has 0 radical (unpaired) electrons. The van der Waals surface area contributed by atoms with E-state index in [-0.39, 0.29) is 35.1 Å². The lowest BCUT2D eigenvalue weighted by Gasteiger charge is -2.14. The summed E-state index contributed by atoms with van der Waals surface area (Å²) in [7, 11) is 0. The zero-order valence-electron chi connectivity index (χ0n) is 25.6. The number of nitrogens with zero attached hydrogens (tertiary/aromatic N) is 2. The van der Waals surface area contributed by atoms with Crippen molar-refractivity contribution in [3.05, 3.63) is 96.3 Å². The minimum absolute atomic E-state index is 0. The van der Waals surface area contributed by atoms with Crippen LogP contribution in [0.5, 0.6) is 5.75 Å². The predicted molar refractivity (Wildman–Crippen MR) is 168 cm³/mol. The van der Waals surface area contributed by atoms with Crippen molar-refractivity contribution in [2.45, 2.75) is 96.9 Å². The van der Waals surface area contributed by atoms with E-state index in [2.05, 4.69) is 33.5 Å².